The highest BCUT2D eigenvalue weighted by Crippen LogP contribution is 2.35. The third kappa shape index (κ3) is 5.43. The summed E-state index contributed by atoms with van der Waals surface area (Å²) in [5.41, 5.74) is 0.251. The normalized spacial score (nSPS) is 17.2. The third-order valence-electron chi connectivity index (χ3n) is 6.77. The van der Waals surface area contributed by atoms with Crippen molar-refractivity contribution in [1.82, 2.24) is 20.1 Å². The van der Waals surface area contributed by atoms with Crippen molar-refractivity contribution in [2.45, 2.75) is 39.8 Å². The average molecular weight is 487 g/mol. The molecule has 0 radical (unpaired) electrons. The number of aromatic nitrogens is 1. The fourth-order valence-electron chi connectivity index (χ4n) is 4.40. The van der Waals surface area contributed by atoms with Gasteiger partial charge in [-0.25, -0.2) is 0 Å². The summed E-state index contributed by atoms with van der Waals surface area (Å²) < 4.78 is 18.0. The van der Waals surface area contributed by atoms with Crippen LogP contribution < -0.4 is 25.5 Å². The fourth-order valence-corrected chi connectivity index (χ4v) is 4.40. The molecule has 2 aliphatic heterocycles. The molecule has 2 atom stereocenters. The minimum atomic E-state index is -0.751. The lowest BCUT2D eigenvalue weighted by Crippen LogP contribution is -2.52. The SMILES string of the molecule is CCC(C)[C@H](NC(=O)c1cn(CC)c2cc3c(cc2c1=O)OCO3)C(=O)NCCN1CCOCC1. The Morgan fingerprint density at radius 3 is 2.51 bits per heavy atom. The van der Waals surface area contributed by atoms with E-state index >= 15 is 0 Å². The molecule has 10 heteroatoms. The first-order chi connectivity index (χ1) is 16.9. The summed E-state index contributed by atoms with van der Waals surface area (Å²) in [5.74, 6) is 0.130. The molecule has 3 heterocycles. The molecule has 190 valence electrons. The summed E-state index contributed by atoms with van der Waals surface area (Å²) in [5, 5.41) is 6.15. The number of fused-ring (bicyclic) bond motifs is 2. The van der Waals surface area contributed by atoms with E-state index < -0.39 is 17.4 Å². The number of nitrogens with one attached hydrogen (secondary N) is 2. The van der Waals surface area contributed by atoms with Gasteiger partial charge in [-0.2, -0.15) is 0 Å². The molecule has 10 nitrogen and oxygen atoms in total. The number of nitrogens with zero attached hydrogens (tertiary/aromatic N) is 2. The molecular formula is C25H34N4O6. The van der Waals surface area contributed by atoms with Crippen molar-refractivity contribution < 1.29 is 23.8 Å². The molecule has 1 fully saturated rings. The Balaban J connectivity index is 1.52. The van der Waals surface area contributed by atoms with Crippen molar-refractivity contribution >= 4 is 22.7 Å². The van der Waals surface area contributed by atoms with Gasteiger partial charge in [0.25, 0.3) is 5.91 Å². The molecular weight excluding hydrogens is 452 g/mol. The van der Waals surface area contributed by atoms with Gasteiger partial charge in [0, 0.05) is 45.0 Å². The van der Waals surface area contributed by atoms with Gasteiger partial charge in [0.1, 0.15) is 11.6 Å². The number of aryl methyl sites for hydroxylation is 1. The highest BCUT2D eigenvalue weighted by Gasteiger charge is 2.28. The van der Waals surface area contributed by atoms with Gasteiger partial charge in [-0.05, 0) is 18.9 Å². The van der Waals surface area contributed by atoms with Crippen molar-refractivity contribution in [3.63, 3.8) is 0 Å². The van der Waals surface area contributed by atoms with Crippen molar-refractivity contribution in [1.29, 1.82) is 0 Å². The second kappa shape index (κ2) is 11.1. The van der Waals surface area contributed by atoms with Crippen molar-refractivity contribution in [3.8, 4) is 11.5 Å². The molecule has 2 amide bonds. The first kappa shape index (κ1) is 25.0. The van der Waals surface area contributed by atoms with Gasteiger partial charge < -0.3 is 29.4 Å². The van der Waals surface area contributed by atoms with Crippen LogP contribution >= 0.6 is 0 Å². The molecule has 1 saturated heterocycles. The molecule has 0 saturated carbocycles. The van der Waals surface area contributed by atoms with Gasteiger partial charge in [0.05, 0.1) is 24.1 Å². The molecule has 0 spiro atoms. The Kier molecular flexibility index (Phi) is 7.92. The van der Waals surface area contributed by atoms with Gasteiger partial charge in [-0.3, -0.25) is 19.3 Å². The number of ether oxygens (including phenoxy) is 3. The number of pyridine rings is 1. The average Bonchev–Trinajstić information content (AvgIpc) is 3.34. The lowest BCUT2D eigenvalue weighted by Gasteiger charge is -2.27. The number of carbonyl (C=O) groups is 2. The van der Waals surface area contributed by atoms with Crippen LogP contribution in [0.15, 0.2) is 23.1 Å². The number of rotatable bonds is 9. The van der Waals surface area contributed by atoms with Crippen molar-refractivity contribution in [2.75, 3.05) is 46.2 Å². The van der Waals surface area contributed by atoms with Gasteiger partial charge in [0.15, 0.2) is 11.5 Å². The largest absolute Gasteiger partial charge is 0.454 e. The second-order valence-corrected chi connectivity index (χ2v) is 8.96. The van der Waals surface area contributed by atoms with Gasteiger partial charge in [-0.15, -0.1) is 0 Å². The molecule has 0 bridgehead atoms. The predicted molar refractivity (Wildman–Crippen MR) is 131 cm³/mol. The predicted octanol–water partition coefficient (Wildman–Crippen LogP) is 1.34. The van der Waals surface area contributed by atoms with E-state index in [0.29, 0.717) is 55.1 Å². The molecule has 2 aromatic rings. The van der Waals surface area contributed by atoms with Crippen LogP contribution in [0.1, 0.15) is 37.6 Å². The first-order valence-electron chi connectivity index (χ1n) is 12.3. The Labute approximate surface area is 204 Å². The lowest BCUT2D eigenvalue weighted by molar-refractivity contribution is -0.124. The van der Waals surface area contributed by atoms with Crippen LogP contribution in [0.5, 0.6) is 11.5 Å². The Morgan fingerprint density at radius 1 is 1.11 bits per heavy atom. The third-order valence-corrected chi connectivity index (χ3v) is 6.77. The first-order valence-corrected chi connectivity index (χ1v) is 12.3. The number of morpholine rings is 1. The maximum Gasteiger partial charge on any atom is 0.257 e. The van der Waals surface area contributed by atoms with Crippen molar-refractivity contribution in [3.05, 3.63) is 34.1 Å². The highest BCUT2D eigenvalue weighted by molar-refractivity contribution is 6.00. The zero-order valence-corrected chi connectivity index (χ0v) is 20.6. The number of benzene rings is 1. The van der Waals surface area contributed by atoms with Crippen LogP contribution in [-0.4, -0.2) is 73.5 Å². The van der Waals surface area contributed by atoms with Gasteiger partial charge >= 0.3 is 0 Å². The monoisotopic (exact) mass is 486 g/mol. The summed E-state index contributed by atoms with van der Waals surface area (Å²) in [6.07, 6.45) is 2.24. The Morgan fingerprint density at radius 2 is 1.83 bits per heavy atom. The van der Waals surface area contributed by atoms with Crippen LogP contribution in [0.25, 0.3) is 10.9 Å². The zero-order valence-electron chi connectivity index (χ0n) is 20.6. The maximum absolute atomic E-state index is 13.3. The quantitative estimate of drug-likeness (QED) is 0.550. The molecule has 4 rings (SSSR count). The minimum Gasteiger partial charge on any atom is -0.454 e. The topological polar surface area (TPSA) is 111 Å². The molecule has 2 N–H and O–H groups in total. The van der Waals surface area contributed by atoms with Gasteiger partial charge in [0.2, 0.25) is 18.1 Å². The Hall–Kier alpha value is -3.11. The molecule has 1 aromatic carbocycles. The lowest BCUT2D eigenvalue weighted by atomic mass is 9.97. The number of hydrogen-bond donors (Lipinski definition) is 2. The summed E-state index contributed by atoms with van der Waals surface area (Å²) in [6.45, 7) is 10.7. The van der Waals surface area contributed by atoms with Gasteiger partial charge in [-0.1, -0.05) is 20.3 Å². The van der Waals surface area contributed by atoms with Crippen LogP contribution in [0, 0.1) is 5.92 Å². The summed E-state index contributed by atoms with van der Waals surface area (Å²) >= 11 is 0. The molecule has 0 aliphatic carbocycles. The van der Waals surface area contributed by atoms with E-state index in [1.54, 1.807) is 18.3 Å². The van der Waals surface area contributed by atoms with E-state index in [0.717, 1.165) is 19.6 Å². The zero-order chi connectivity index (χ0) is 24.9. The molecule has 1 unspecified atom stereocenters. The number of carbonyl (C=O) groups excluding carboxylic acids is 2. The molecule has 1 aromatic heterocycles. The highest BCUT2D eigenvalue weighted by atomic mass is 16.7. The Bertz CT molecular complexity index is 1140. The fraction of sp³-hybridized carbons (Fsp3) is 0.560. The van der Waals surface area contributed by atoms with E-state index in [1.165, 1.54) is 0 Å². The van der Waals surface area contributed by atoms with E-state index in [9.17, 15) is 14.4 Å². The number of amides is 2. The van der Waals surface area contributed by atoms with E-state index in [1.807, 2.05) is 25.3 Å². The van der Waals surface area contributed by atoms with Crippen LogP contribution in [0.2, 0.25) is 0 Å². The van der Waals surface area contributed by atoms with E-state index in [-0.39, 0.29) is 24.2 Å². The van der Waals surface area contributed by atoms with Crippen molar-refractivity contribution in [2.24, 2.45) is 5.92 Å². The van der Waals surface area contributed by atoms with E-state index in [2.05, 4.69) is 15.5 Å². The molecule has 2 aliphatic rings. The van der Waals surface area contributed by atoms with E-state index in [4.69, 9.17) is 14.2 Å². The van der Waals surface area contributed by atoms with Crippen LogP contribution in [0.4, 0.5) is 0 Å². The second-order valence-electron chi connectivity index (χ2n) is 8.96. The minimum absolute atomic E-state index is 0.00682. The summed E-state index contributed by atoms with van der Waals surface area (Å²) in [7, 11) is 0. The summed E-state index contributed by atoms with van der Waals surface area (Å²) in [6, 6.07) is 2.63. The summed E-state index contributed by atoms with van der Waals surface area (Å²) in [4.78, 5) is 41.8. The standard InChI is InChI=1S/C25H34N4O6/c1-4-16(3)22(25(32)26-6-7-28-8-10-33-11-9-28)27-24(31)18-14-29(5-2)19-13-21-20(34-15-35-21)12-17(19)23(18)30/h12-14,16,22H,4-11,15H2,1-3H3,(H,26,32)(H,27,31)/t16?,22-/m0/s1. The maximum atomic E-state index is 13.3. The smallest absolute Gasteiger partial charge is 0.257 e. The molecule has 35 heavy (non-hydrogen) atoms. The number of hydrogen-bond acceptors (Lipinski definition) is 7. The van der Waals surface area contributed by atoms with Crippen LogP contribution in [-0.2, 0) is 16.1 Å². The van der Waals surface area contributed by atoms with Crippen LogP contribution in [0.3, 0.4) is 0 Å².